The third-order valence-electron chi connectivity index (χ3n) is 5.73. The van der Waals surface area contributed by atoms with Gasteiger partial charge in [-0.25, -0.2) is 0 Å². The summed E-state index contributed by atoms with van der Waals surface area (Å²) >= 11 is 0. The van der Waals surface area contributed by atoms with Gasteiger partial charge in [0.15, 0.2) is 29.7 Å². The zero-order valence-corrected chi connectivity index (χ0v) is 20.8. The van der Waals surface area contributed by atoms with Crippen LogP contribution >= 0.6 is 0 Å². The Morgan fingerprint density at radius 2 is 1.57 bits per heavy atom. The summed E-state index contributed by atoms with van der Waals surface area (Å²) in [6.45, 7) is 1.09. The number of hydrogen-bond acceptors (Lipinski definition) is 12. The molecule has 7 N–H and O–H groups in total. The first kappa shape index (κ1) is 25.2. The topological polar surface area (TPSA) is 185 Å². The van der Waals surface area contributed by atoms with E-state index in [1.54, 1.807) is 53.4 Å². The van der Waals surface area contributed by atoms with Crippen LogP contribution in [0, 0.1) is 0 Å². The Morgan fingerprint density at radius 1 is 0.865 bits per heavy atom. The highest BCUT2D eigenvalue weighted by molar-refractivity contribution is 5.44. The van der Waals surface area contributed by atoms with E-state index < -0.39 is 0 Å². The van der Waals surface area contributed by atoms with E-state index in [-0.39, 0.29) is 24.0 Å². The van der Waals surface area contributed by atoms with Gasteiger partial charge >= 0.3 is 0 Å². The average Bonchev–Trinajstić information content (AvgIpc) is 3.40. The fourth-order valence-corrected chi connectivity index (χ4v) is 3.55. The predicted octanol–water partition coefficient (Wildman–Crippen LogP) is 1.38. The van der Waals surface area contributed by atoms with Crippen LogP contribution in [0.5, 0.6) is 23.0 Å². The monoisotopic (exact) mass is 510 g/mol. The van der Waals surface area contributed by atoms with Crippen molar-refractivity contribution in [1.82, 2.24) is 29.5 Å². The van der Waals surface area contributed by atoms with Gasteiger partial charge in [-0.3, -0.25) is 9.13 Å². The average molecular weight is 511 g/mol. The van der Waals surface area contributed by atoms with Crippen LogP contribution in [-0.2, 0) is 27.1 Å². The Hall–Kier alpha value is -4.88. The van der Waals surface area contributed by atoms with E-state index in [0.717, 1.165) is 11.1 Å². The number of phenols is 3. The quantitative estimate of drug-likeness (QED) is 0.126. The van der Waals surface area contributed by atoms with E-state index >= 15 is 0 Å². The second-order valence-corrected chi connectivity index (χ2v) is 8.45. The zero-order chi connectivity index (χ0) is 26.5. The molecule has 0 spiro atoms. The van der Waals surface area contributed by atoms with Crippen molar-refractivity contribution in [1.29, 1.82) is 0 Å². The minimum Gasteiger partial charge on any atom is -0.504 e. The third-order valence-corrected chi connectivity index (χ3v) is 5.73. The largest absolute Gasteiger partial charge is 0.504 e. The lowest BCUT2D eigenvalue weighted by Crippen LogP contribution is -2.26. The number of anilines is 4. The molecule has 0 amide bonds. The molecular weight excluding hydrogens is 480 g/mol. The zero-order valence-electron chi connectivity index (χ0n) is 20.8. The van der Waals surface area contributed by atoms with Crippen molar-refractivity contribution in [3.63, 3.8) is 0 Å². The molecule has 0 aliphatic heterocycles. The fourth-order valence-electron chi connectivity index (χ4n) is 3.55. The van der Waals surface area contributed by atoms with Crippen molar-refractivity contribution in [2.45, 2.75) is 13.0 Å². The Balaban J connectivity index is 1.28. The lowest BCUT2D eigenvalue weighted by atomic mass is 10.1. The lowest BCUT2D eigenvalue weighted by molar-refractivity contribution is 0.300. The molecule has 2 aromatic carbocycles. The van der Waals surface area contributed by atoms with Gasteiger partial charge in [0.1, 0.15) is 0 Å². The van der Waals surface area contributed by atoms with Crippen LogP contribution in [0.15, 0.2) is 36.4 Å². The number of nitrogens with two attached hydrogens (primary N) is 1. The van der Waals surface area contributed by atoms with Gasteiger partial charge in [0.2, 0.25) is 23.8 Å². The summed E-state index contributed by atoms with van der Waals surface area (Å²) in [4.78, 5) is 1.74. The number of aromatic nitrogens is 6. The molecule has 4 rings (SSSR count). The molecule has 0 aliphatic rings. The molecule has 0 aliphatic carbocycles. The minimum atomic E-state index is -0.185. The van der Waals surface area contributed by atoms with Crippen molar-refractivity contribution in [3.05, 3.63) is 47.5 Å². The van der Waals surface area contributed by atoms with E-state index in [2.05, 4.69) is 31.0 Å². The maximum atomic E-state index is 10.4. The first-order chi connectivity index (χ1) is 17.7. The lowest BCUT2D eigenvalue weighted by Gasteiger charge is -2.19. The third kappa shape index (κ3) is 5.86. The number of nitrogen functional groups attached to an aromatic ring is 1. The van der Waals surface area contributed by atoms with Crippen LogP contribution in [0.2, 0.25) is 0 Å². The van der Waals surface area contributed by atoms with Gasteiger partial charge in [-0.1, -0.05) is 12.1 Å². The van der Waals surface area contributed by atoms with Crippen molar-refractivity contribution in [2.75, 3.05) is 41.6 Å². The summed E-state index contributed by atoms with van der Waals surface area (Å²) in [6.07, 6.45) is 0.652. The Bertz CT molecular complexity index is 1370. The smallest absolute Gasteiger partial charge is 0.230 e. The number of nitrogens with one attached hydrogen (secondary N) is 2. The van der Waals surface area contributed by atoms with Crippen LogP contribution in [0.25, 0.3) is 0 Å². The fraction of sp³-hybridized carbons (Fsp3) is 0.304. The van der Waals surface area contributed by atoms with E-state index in [1.165, 1.54) is 12.1 Å². The van der Waals surface area contributed by atoms with E-state index in [1.807, 2.05) is 6.07 Å². The molecule has 0 atom stereocenters. The minimum absolute atomic E-state index is 0.0336. The first-order valence-corrected chi connectivity index (χ1v) is 11.4. The summed E-state index contributed by atoms with van der Waals surface area (Å²) in [5.74, 6) is 1.98. The van der Waals surface area contributed by atoms with E-state index in [9.17, 15) is 15.3 Å². The molecule has 196 valence electrons. The molecule has 2 aromatic heterocycles. The van der Waals surface area contributed by atoms with Gasteiger partial charge < -0.3 is 41.3 Å². The number of phenolic OH excluding ortho intramolecular Hbond substituents is 3. The summed E-state index contributed by atoms with van der Waals surface area (Å²) < 4.78 is 9.20. The summed E-state index contributed by atoms with van der Waals surface area (Å²) in [5, 5.41) is 51.9. The SMILES string of the molecule is CN(COc1ccc(CCNc2nnc(N)n2C)cc1O)c1nnc(NCc2ccc(O)c(O)c2)n1C. The molecule has 0 saturated heterocycles. The molecule has 4 aromatic rings. The normalized spacial score (nSPS) is 10.9. The Morgan fingerprint density at radius 3 is 2.27 bits per heavy atom. The van der Waals surface area contributed by atoms with Gasteiger partial charge in [0.25, 0.3) is 0 Å². The Kier molecular flexibility index (Phi) is 7.36. The second-order valence-electron chi connectivity index (χ2n) is 8.45. The summed E-state index contributed by atoms with van der Waals surface area (Å²) in [5.41, 5.74) is 7.36. The number of nitrogens with zero attached hydrogens (tertiary/aromatic N) is 7. The van der Waals surface area contributed by atoms with Gasteiger partial charge in [-0.15, -0.1) is 20.4 Å². The van der Waals surface area contributed by atoms with E-state index in [4.69, 9.17) is 10.5 Å². The highest BCUT2D eigenvalue weighted by Crippen LogP contribution is 2.28. The van der Waals surface area contributed by atoms with E-state index in [0.29, 0.717) is 49.1 Å². The van der Waals surface area contributed by atoms with Gasteiger partial charge in [0, 0.05) is 34.2 Å². The predicted molar refractivity (Wildman–Crippen MR) is 138 cm³/mol. The van der Waals surface area contributed by atoms with Gasteiger partial charge in [-0.2, -0.15) is 0 Å². The molecule has 0 unspecified atom stereocenters. The highest BCUT2D eigenvalue weighted by atomic mass is 16.5. The molecule has 14 heteroatoms. The summed E-state index contributed by atoms with van der Waals surface area (Å²) in [6, 6.07) is 9.86. The maximum absolute atomic E-state index is 10.4. The van der Waals surface area contributed by atoms with Crippen molar-refractivity contribution in [2.24, 2.45) is 14.1 Å². The van der Waals surface area contributed by atoms with Crippen molar-refractivity contribution < 1.29 is 20.1 Å². The molecule has 0 radical (unpaired) electrons. The van der Waals surface area contributed by atoms with Gasteiger partial charge in [-0.05, 0) is 41.8 Å². The van der Waals surface area contributed by atoms with Gasteiger partial charge in [0.05, 0.1) is 0 Å². The molecule has 37 heavy (non-hydrogen) atoms. The van der Waals surface area contributed by atoms with Crippen LogP contribution < -0.4 is 26.0 Å². The molecule has 14 nitrogen and oxygen atoms in total. The van der Waals surface area contributed by atoms with Crippen LogP contribution in [0.4, 0.5) is 23.8 Å². The second kappa shape index (κ2) is 10.8. The maximum Gasteiger partial charge on any atom is 0.230 e. The first-order valence-electron chi connectivity index (χ1n) is 11.4. The number of rotatable bonds is 11. The number of aromatic hydroxyl groups is 3. The summed E-state index contributed by atoms with van der Waals surface area (Å²) in [7, 11) is 5.37. The Labute approximate surface area is 213 Å². The molecule has 0 bridgehead atoms. The van der Waals surface area contributed by atoms with Crippen LogP contribution in [-0.4, -0.2) is 65.2 Å². The standard InChI is InChI=1S/C23H30N10O4/c1-31(23-30-29-22(33(23)3)26-12-15-4-6-16(34)17(35)11-15)13-37-19-7-5-14(10-18(19)36)8-9-25-21-28-27-20(24)32(21)2/h4-7,10-11,34-36H,8-9,12-13H2,1-3H3,(H2,24,27)(H,25,28)(H,26,29). The number of hydrogen-bond donors (Lipinski definition) is 6. The number of ether oxygens (including phenoxy) is 1. The molecule has 0 fully saturated rings. The van der Waals surface area contributed by atoms with Crippen molar-refractivity contribution >= 4 is 23.8 Å². The van der Waals surface area contributed by atoms with Crippen LogP contribution in [0.3, 0.4) is 0 Å². The van der Waals surface area contributed by atoms with Crippen LogP contribution in [0.1, 0.15) is 11.1 Å². The molecule has 2 heterocycles. The molecular formula is C23H30N10O4. The van der Waals surface area contributed by atoms with Crippen molar-refractivity contribution in [3.8, 4) is 23.0 Å². The number of benzene rings is 2. The highest BCUT2D eigenvalue weighted by Gasteiger charge is 2.14. The molecule has 0 saturated carbocycles.